The van der Waals surface area contributed by atoms with Crippen LogP contribution in [-0.2, 0) is 4.79 Å². The van der Waals surface area contributed by atoms with E-state index < -0.39 is 0 Å². The number of carbonyl (C=O) groups excluding carboxylic acids is 1. The first-order chi connectivity index (χ1) is 13.1. The second kappa shape index (κ2) is 9.05. The summed E-state index contributed by atoms with van der Waals surface area (Å²) in [6.45, 7) is 4.31. The highest BCUT2D eigenvalue weighted by atomic mass is 16.5. The highest BCUT2D eigenvalue weighted by Gasteiger charge is 2.27. The molecule has 3 rings (SSSR count). The molecule has 144 valence electrons. The highest BCUT2D eigenvalue weighted by Crippen LogP contribution is 2.29. The molecule has 1 fully saturated rings. The summed E-state index contributed by atoms with van der Waals surface area (Å²) in [5, 5.41) is 6.68. The Balaban J connectivity index is 1.80. The summed E-state index contributed by atoms with van der Waals surface area (Å²) < 4.78 is 5.41. The van der Waals surface area contributed by atoms with Gasteiger partial charge in [-0.2, -0.15) is 0 Å². The molecular weight excluding hydrogens is 336 g/mol. The Bertz CT molecular complexity index is 752. The van der Waals surface area contributed by atoms with Crippen molar-refractivity contribution in [3.05, 3.63) is 59.7 Å². The fourth-order valence-corrected chi connectivity index (χ4v) is 3.76. The van der Waals surface area contributed by atoms with Crippen LogP contribution in [0.4, 0.5) is 5.69 Å². The molecule has 0 aromatic heterocycles. The van der Waals surface area contributed by atoms with Gasteiger partial charge in [-0.05, 0) is 61.8 Å². The third kappa shape index (κ3) is 5.10. The molecule has 1 atom stereocenters. The van der Waals surface area contributed by atoms with Crippen molar-refractivity contribution in [3.8, 4) is 5.75 Å². The SMILES string of the molecule is COc1ccc(C)cc1NC(=O)[C@@H](NC1CCC(C)CC1)c1ccccc1. The van der Waals surface area contributed by atoms with Crippen LogP contribution in [0.2, 0.25) is 0 Å². The smallest absolute Gasteiger partial charge is 0.246 e. The van der Waals surface area contributed by atoms with Gasteiger partial charge in [0.25, 0.3) is 0 Å². The lowest BCUT2D eigenvalue weighted by Crippen LogP contribution is -2.41. The number of aryl methyl sites for hydroxylation is 1. The van der Waals surface area contributed by atoms with Crippen molar-refractivity contribution in [3.63, 3.8) is 0 Å². The number of carbonyl (C=O) groups is 1. The van der Waals surface area contributed by atoms with E-state index in [4.69, 9.17) is 4.74 Å². The Hall–Kier alpha value is -2.33. The maximum Gasteiger partial charge on any atom is 0.246 e. The monoisotopic (exact) mass is 366 g/mol. The molecule has 2 aromatic rings. The molecule has 2 aromatic carbocycles. The molecular formula is C23H30N2O2. The van der Waals surface area contributed by atoms with Crippen molar-refractivity contribution >= 4 is 11.6 Å². The van der Waals surface area contributed by atoms with Gasteiger partial charge in [-0.3, -0.25) is 10.1 Å². The van der Waals surface area contributed by atoms with E-state index in [0.717, 1.165) is 29.9 Å². The van der Waals surface area contributed by atoms with Crippen LogP contribution < -0.4 is 15.4 Å². The second-order valence-electron chi connectivity index (χ2n) is 7.66. The van der Waals surface area contributed by atoms with Gasteiger partial charge in [-0.25, -0.2) is 0 Å². The Kier molecular flexibility index (Phi) is 6.51. The summed E-state index contributed by atoms with van der Waals surface area (Å²) in [7, 11) is 1.62. The number of rotatable bonds is 6. The molecule has 2 N–H and O–H groups in total. The van der Waals surface area contributed by atoms with Gasteiger partial charge in [0.15, 0.2) is 0 Å². The van der Waals surface area contributed by atoms with E-state index in [2.05, 4.69) is 17.6 Å². The maximum atomic E-state index is 13.2. The van der Waals surface area contributed by atoms with Gasteiger partial charge in [0.1, 0.15) is 11.8 Å². The molecule has 0 spiro atoms. The van der Waals surface area contributed by atoms with Gasteiger partial charge >= 0.3 is 0 Å². The third-order valence-electron chi connectivity index (χ3n) is 5.43. The zero-order valence-electron chi connectivity index (χ0n) is 16.5. The lowest BCUT2D eigenvalue weighted by atomic mass is 9.86. The fourth-order valence-electron chi connectivity index (χ4n) is 3.76. The van der Waals surface area contributed by atoms with E-state index in [9.17, 15) is 4.79 Å². The van der Waals surface area contributed by atoms with E-state index in [1.54, 1.807) is 7.11 Å². The van der Waals surface area contributed by atoms with Gasteiger partial charge in [-0.15, -0.1) is 0 Å². The molecule has 0 aliphatic heterocycles. The van der Waals surface area contributed by atoms with E-state index >= 15 is 0 Å². The summed E-state index contributed by atoms with van der Waals surface area (Å²) in [6.07, 6.45) is 4.66. The fraction of sp³-hybridized carbons (Fsp3) is 0.435. The second-order valence-corrected chi connectivity index (χ2v) is 7.66. The number of anilines is 1. The van der Waals surface area contributed by atoms with Crippen molar-refractivity contribution in [1.29, 1.82) is 0 Å². The molecule has 0 heterocycles. The molecule has 1 aliphatic rings. The molecule has 0 bridgehead atoms. The first-order valence-corrected chi connectivity index (χ1v) is 9.83. The minimum Gasteiger partial charge on any atom is -0.495 e. The Labute approximate surface area is 162 Å². The molecule has 0 saturated heterocycles. The summed E-state index contributed by atoms with van der Waals surface area (Å²) in [6, 6.07) is 15.8. The quantitative estimate of drug-likeness (QED) is 0.768. The van der Waals surface area contributed by atoms with Crippen LogP contribution in [-0.4, -0.2) is 19.1 Å². The summed E-state index contributed by atoms with van der Waals surface area (Å²) >= 11 is 0. The van der Waals surface area contributed by atoms with Crippen molar-refractivity contribution in [2.45, 2.75) is 51.6 Å². The predicted octanol–water partition coefficient (Wildman–Crippen LogP) is 4.85. The molecule has 4 heteroatoms. The first-order valence-electron chi connectivity index (χ1n) is 9.83. The van der Waals surface area contributed by atoms with Crippen molar-refractivity contribution in [2.24, 2.45) is 5.92 Å². The van der Waals surface area contributed by atoms with Crippen LogP contribution in [0.1, 0.15) is 49.8 Å². The van der Waals surface area contributed by atoms with E-state index in [0.29, 0.717) is 17.5 Å². The predicted molar refractivity (Wildman–Crippen MR) is 110 cm³/mol. The van der Waals surface area contributed by atoms with Gasteiger partial charge in [0.2, 0.25) is 5.91 Å². The van der Waals surface area contributed by atoms with Crippen LogP contribution in [0.15, 0.2) is 48.5 Å². The van der Waals surface area contributed by atoms with Crippen LogP contribution in [0.5, 0.6) is 5.75 Å². The number of hydrogen-bond donors (Lipinski definition) is 2. The third-order valence-corrected chi connectivity index (χ3v) is 5.43. The van der Waals surface area contributed by atoms with Crippen molar-refractivity contribution in [2.75, 3.05) is 12.4 Å². The molecule has 1 amide bonds. The van der Waals surface area contributed by atoms with Crippen molar-refractivity contribution in [1.82, 2.24) is 5.32 Å². The topological polar surface area (TPSA) is 50.4 Å². The van der Waals surface area contributed by atoms with Gasteiger partial charge in [-0.1, -0.05) is 43.3 Å². The first kappa shape index (κ1) is 19.4. The van der Waals surface area contributed by atoms with E-state index in [-0.39, 0.29) is 11.9 Å². The molecule has 0 unspecified atom stereocenters. The number of ether oxygens (including phenoxy) is 1. The van der Waals surface area contributed by atoms with Gasteiger partial charge in [0.05, 0.1) is 12.8 Å². The minimum absolute atomic E-state index is 0.0521. The molecule has 0 radical (unpaired) electrons. The Morgan fingerprint density at radius 1 is 1.07 bits per heavy atom. The molecule has 27 heavy (non-hydrogen) atoms. The Morgan fingerprint density at radius 3 is 2.44 bits per heavy atom. The molecule has 4 nitrogen and oxygen atoms in total. The maximum absolute atomic E-state index is 13.2. The van der Waals surface area contributed by atoms with E-state index in [1.165, 1.54) is 12.8 Å². The minimum atomic E-state index is -0.380. The Morgan fingerprint density at radius 2 is 1.78 bits per heavy atom. The average molecular weight is 367 g/mol. The summed E-state index contributed by atoms with van der Waals surface area (Å²) in [4.78, 5) is 13.2. The average Bonchev–Trinajstić information content (AvgIpc) is 2.68. The standard InChI is InChI=1S/C23H30N2O2/c1-16-9-12-19(13-10-16)24-22(18-7-5-4-6-8-18)23(26)25-20-15-17(2)11-14-21(20)27-3/h4-8,11,14-16,19,22,24H,9-10,12-13H2,1-3H3,(H,25,26)/t16?,19?,22-/m0/s1. The largest absolute Gasteiger partial charge is 0.495 e. The number of nitrogens with one attached hydrogen (secondary N) is 2. The van der Waals surface area contributed by atoms with Crippen molar-refractivity contribution < 1.29 is 9.53 Å². The number of amides is 1. The van der Waals surface area contributed by atoms with Gasteiger partial charge < -0.3 is 10.1 Å². The zero-order chi connectivity index (χ0) is 19.2. The zero-order valence-corrected chi connectivity index (χ0v) is 16.5. The number of benzene rings is 2. The number of methoxy groups -OCH3 is 1. The van der Waals surface area contributed by atoms with Crippen LogP contribution in [0.3, 0.4) is 0 Å². The van der Waals surface area contributed by atoms with Gasteiger partial charge in [0, 0.05) is 6.04 Å². The number of hydrogen-bond acceptors (Lipinski definition) is 3. The summed E-state index contributed by atoms with van der Waals surface area (Å²) in [5.41, 5.74) is 2.78. The lowest BCUT2D eigenvalue weighted by Gasteiger charge is -2.30. The normalized spacial score (nSPS) is 20.7. The van der Waals surface area contributed by atoms with Crippen LogP contribution in [0.25, 0.3) is 0 Å². The van der Waals surface area contributed by atoms with E-state index in [1.807, 2.05) is 55.5 Å². The highest BCUT2D eigenvalue weighted by molar-refractivity contribution is 5.96. The van der Waals surface area contributed by atoms with Crippen LogP contribution >= 0.6 is 0 Å². The molecule has 1 saturated carbocycles. The van der Waals surface area contributed by atoms with Crippen LogP contribution in [0, 0.1) is 12.8 Å². The summed E-state index contributed by atoms with van der Waals surface area (Å²) in [5.74, 6) is 1.40. The molecule has 1 aliphatic carbocycles. The lowest BCUT2D eigenvalue weighted by molar-refractivity contribution is -0.118.